The lowest BCUT2D eigenvalue weighted by molar-refractivity contribution is 0.309. The molecule has 1 heterocycles. The predicted molar refractivity (Wildman–Crippen MR) is 108 cm³/mol. The van der Waals surface area contributed by atoms with Crippen LogP contribution >= 0.6 is 0 Å². The summed E-state index contributed by atoms with van der Waals surface area (Å²) >= 11 is 0. The van der Waals surface area contributed by atoms with E-state index in [2.05, 4.69) is 53.5 Å². The largest absolute Gasteiger partial charge is 0.487 e. The fourth-order valence-corrected chi connectivity index (χ4v) is 2.84. The summed E-state index contributed by atoms with van der Waals surface area (Å²) in [7, 11) is 0. The van der Waals surface area contributed by atoms with Gasteiger partial charge in [-0.3, -0.25) is 4.98 Å². The summed E-state index contributed by atoms with van der Waals surface area (Å²) in [6.45, 7) is 0.526. The SMILES string of the molecule is C(=C\c1ccc(COc2cccc3cccnc23)cc1)/c1ccccc1. The Morgan fingerprint density at radius 3 is 2.23 bits per heavy atom. The molecular formula is C24H19NO. The van der Waals surface area contributed by atoms with Crippen molar-refractivity contribution in [2.75, 3.05) is 0 Å². The van der Waals surface area contributed by atoms with Crippen molar-refractivity contribution in [1.29, 1.82) is 0 Å². The van der Waals surface area contributed by atoms with Crippen LogP contribution < -0.4 is 4.74 Å². The number of nitrogens with zero attached hydrogens (tertiary/aromatic N) is 1. The lowest BCUT2D eigenvalue weighted by atomic mass is 10.1. The third-order valence-corrected chi connectivity index (χ3v) is 4.24. The molecule has 4 aromatic rings. The van der Waals surface area contributed by atoms with Crippen molar-refractivity contribution in [1.82, 2.24) is 4.98 Å². The lowest BCUT2D eigenvalue weighted by Gasteiger charge is -2.09. The maximum absolute atomic E-state index is 5.99. The summed E-state index contributed by atoms with van der Waals surface area (Å²) in [6.07, 6.45) is 6.03. The number of benzene rings is 3. The smallest absolute Gasteiger partial charge is 0.146 e. The molecule has 0 saturated heterocycles. The quantitative estimate of drug-likeness (QED) is 0.418. The molecule has 0 N–H and O–H groups in total. The zero-order valence-electron chi connectivity index (χ0n) is 14.4. The zero-order chi connectivity index (χ0) is 17.6. The molecule has 2 nitrogen and oxygen atoms in total. The first-order valence-corrected chi connectivity index (χ1v) is 8.67. The van der Waals surface area contributed by atoms with Crippen molar-refractivity contribution >= 4 is 23.1 Å². The van der Waals surface area contributed by atoms with E-state index in [1.807, 2.05) is 48.5 Å². The van der Waals surface area contributed by atoms with Gasteiger partial charge in [0.1, 0.15) is 17.9 Å². The molecule has 0 bridgehead atoms. The van der Waals surface area contributed by atoms with Crippen molar-refractivity contribution in [3.63, 3.8) is 0 Å². The summed E-state index contributed by atoms with van der Waals surface area (Å²) in [5.74, 6) is 0.816. The third-order valence-electron chi connectivity index (χ3n) is 4.24. The number of ether oxygens (including phenoxy) is 1. The number of pyridine rings is 1. The van der Waals surface area contributed by atoms with Crippen LogP contribution in [-0.4, -0.2) is 4.98 Å². The van der Waals surface area contributed by atoms with Crippen LogP contribution in [-0.2, 0) is 6.61 Å². The number of rotatable bonds is 5. The first-order chi connectivity index (χ1) is 12.9. The van der Waals surface area contributed by atoms with Crippen LogP contribution in [0.5, 0.6) is 5.75 Å². The lowest BCUT2D eigenvalue weighted by Crippen LogP contribution is -1.96. The summed E-state index contributed by atoms with van der Waals surface area (Å²) in [5.41, 5.74) is 4.40. The van der Waals surface area contributed by atoms with Crippen molar-refractivity contribution in [2.45, 2.75) is 6.61 Å². The molecule has 0 radical (unpaired) electrons. The highest BCUT2D eigenvalue weighted by Crippen LogP contribution is 2.24. The van der Waals surface area contributed by atoms with Crippen LogP contribution in [0.3, 0.4) is 0 Å². The Morgan fingerprint density at radius 1 is 0.692 bits per heavy atom. The van der Waals surface area contributed by atoms with Gasteiger partial charge in [-0.15, -0.1) is 0 Å². The number of fused-ring (bicyclic) bond motifs is 1. The van der Waals surface area contributed by atoms with Gasteiger partial charge in [-0.05, 0) is 28.8 Å². The minimum absolute atomic E-state index is 0.526. The summed E-state index contributed by atoms with van der Waals surface area (Å²) in [5, 5.41) is 1.09. The maximum Gasteiger partial charge on any atom is 0.146 e. The molecule has 0 saturated carbocycles. The Morgan fingerprint density at radius 2 is 1.42 bits per heavy atom. The molecule has 0 spiro atoms. The van der Waals surface area contributed by atoms with Gasteiger partial charge in [0.15, 0.2) is 0 Å². The highest BCUT2D eigenvalue weighted by molar-refractivity contribution is 5.84. The van der Waals surface area contributed by atoms with Crippen LogP contribution in [0.4, 0.5) is 0 Å². The minimum Gasteiger partial charge on any atom is -0.487 e. The molecular weight excluding hydrogens is 318 g/mol. The van der Waals surface area contributed by atoms with Gasteiger partial charge in [-0.25, -0.2) is 0 Å². The van der Waals surface area contributed by atoms with Crippen molar-refractivity contribution in [3.8, 4) is 5.75 Å². The zero-order valence-corrected chi connectivity index (χ0v) is 14.4. The second kappa shape index (κ2) is 7.66. The molecule has 26 heavy (non-hydrogen) atoms. The Kier molecular flexibility index (Phi) is 4.74. The van der Waals surface area contributed by atoms with Gasteiger partial charge in [0, 0.05) is 11.6 Å². The van der Waals surface area contributed by atoms with E-state index in [9.17, 15) is 0 Å². The van der Waals surface area contributed by atoms with Crippen molar-refractivity contribution in [3.05, 3.63) is 108 Å². The topological polar surface area (TPSA) is 22.1 Å². The van der Waals surface area contributed by atoms with Crippen LogP contribution in [0.2, 0.25) is 0 Å². The molecule has 4 rings (SSSR count). The summed E-state index contributed by atoms with van der Waals surface area (Å²) < 4.78 is 5.99. The Bertz CT molecular complexity index is 1020. The number of para-hydroxylation sites is 1. The van der Waals surface area contributed by atoms with E-state index in [1.54, 1.807) is 6.20 Å². The average molecular weight is 337 g/mol. The molecule has 0 fully saturated rings. The van der Waals surface area contributed by atoms with Gasteiger partial charge < -0.3 is 4.74 Å². The van der Waals surface area contributed by atoms with Crippen LogP contribution in [0, 0.1) is 0 Å². The molecule has 3 aromatic carbocycles. The van der Waals surface area contributed by atoms with Gasteiger partial charge >= 0.3 is 0 Å². The van der Waals surface area contributed by atoms with E-state index in [0.29, 0.717) is 6.61 Å². The molecule has 0 atom stereocenters. The molecule has 2 heteroatoms. The van der Waals surface area contributed by atoms with Gasteiger partial charge in [0.2, 0.25) is 0 Å². The van der Waals surface area contributed by atoms with E-state index < -0.39 is 0 Å². The van der Waals surface area contributed by atoms with Crippen molar-refractivity contribution in [2.24, 2.45) is 0 Å². The van der Waals surface area contributed by atoms with E-state index in [0.717, 1.165) is 22.2 Å². The minimum atomic E-state index is 0.526. The number of hydrogen-bond acceptors (Lipinski definition) is 2. The Balaban J connectivity index is 1.43. The summed E-state index contributed by atoms with van der Waals surface area (Å²) in [6, 6.07) is 28.7. The number of aromatic nitrogens is 1. The standard InChI is InChI=1S/C24H19NO/c1-2-6-19(7-3-1)11-12-20-13-15-21(16-14-20)18-26-23-10-4-8-22-9-5-17-25-24(22)23/h1-17H,18H2/b12-11+. The Labute approximate surface area is 153 Å². The fourth-order valence-electron chi connectivity index (χ4n) is 2.84. The third kappa shape index (κ3) is 3.81. The first-order valence-electron chi connectivity index (χ1n) is 8.67. The molecule has 0 aliphatic heterocycles. The monoisotopic (exact) mass is 337 g/mol. The molecule has 0 aliphatic rings. The first kappa shape index (κ1) is 16.1. The molecule has 126 valence electrons. The van der Waals surface area contributed by atoms with Gasteiger partial charge in [-0.1, -0.05) is 84.9 Å². The molecule has 0 unspecified atom stereocenters. The highest BCUT2D eigenvalue weighted by Gasteiger charge is 2.03. The van der Waals surface area contributed by atoms with Gasteiger partial charge in [0.25, 0.3) is 0 Å². The molecule has 0 amide bonds. The van der Waals surface area contributed by atoms with E-state index >= 15 is 0 Å². The number of hydrogen-bond donors (Lipinski definition) is 0. The van der Waals surface area contributed by atoms with Crippen LogP contribution in [0.25, 0.3) is 23.1 Å². The van der Waals surface area contributed by atoms with Gasteiger partial charge in [0.05, 0.1) is 0 Å². The fraction of sp³-hybridized carbons (Fsp3) is 0.0417. The van der Waals surface area contributed by atoms with Gasteiger partial charge in [-0.2, -0.15) is 0 Å². The van der Waals surface area contributed by atoms with Crippen LogP contribution in [0.15, 0.2) is 91.1 Å². The van der Waals surface area contributed by atoms with Crippen molar-refractivity contribution < 1.29 is 4.74 Å². The average Bonchev–Trinajstić information content (AvgIpc) is 2.72. The van der Waals surface area contributed by atoms with E-state index in [1.165, 1.54) is 11.1 Å². The van der Waals surface area contributed by atoms with E-state index in [-0.39, 0.29) is 0 Å². The summed E-state index contributed by atoms with van der Waals surface area (Å²) in [4.78, 5) is 4.43. The second-order valence-electron chi connectivity index (χ2n) is 6.11. The van der Waals surface area contributed by atoms with Crippen LogP contribution in [0.1, 0.15) is 16.7 Å². The molecule has 1 aromatic heterocycles. The maximum atomic E-state index is 5.99. The normalized spacial score (nSPS) is 11.1. The Hall–Kier alpha value is -3.39. The molecule has 0 aliphatic carbocycles. The highest BCUT2D eigenvalue weighted by atomic mass is 16.5. The second-order valence-corrected chi connectivity index (χ2v) is 6.11. The predicted octanol–water partition coefficient (Wildman–Crippen LogP) is 5.98. The van der Waals surface area contributed by atoms with E-state index in [4.69, 9.17) is 4.74 Å².